The summed E-state index contributed by atoms with van der Waals surface area (Å²) in [5, 5.41) is 9.10. The number of piperidine rings is 2. The zero-order chi connectivity index (χ0) is 44.2. The highest BCUT2D eigenvalue weighted by Crippen LogP contribution is 2.68. The highest BCUT2D eigenvalue weighted by Gasteiger charge is 2.70. The van der Waals surface area contributed by atoms with E-state index >= 15 is 0 Å². The molecule has 0 spiro atoms. The van der Waals surface area contributed by atoms with Crippen molar-refractivity contribution >= 4 is 21.8 Å². The summed E-state index contributed by atoms with van der Waals surface area (Å²) in [4.78, 5) is 24.9. The minimum absolute atomic E-state index is 0.0751. The number of rotatable bonds is 15. The van der Waals surface area contributed by atoms with Crippen molar-refractivity contribution in [3.05, 3.63) is 70.8 Å². The lowest BCUT2D eigenvalue weighted by Gasteiger charge is -2.27. The van der Waals surface area contributed by atoms with Crippen LogP contribution in [-0.4, -0.2) is 69.6 Å². The summed E-state index contributed by atoms with van der Waals surface area (Å²) < 4.78 is 104. The van der Waals surface area contributed by atoms with E-state index in [1.54, 1.807) is 4.31 Å². The quantitative estimate of drug-likeness (QED) is 0.155. The van der Waals surface area contributed by atoms with Crippen molar-refractivity contribution in [3.63, 3.8) is 0 Å². The second kappa shape index (κ2) is 17.3. The number of nitrogens with one attached hydrogen (secondary N) is 3. The molecule has 15 heteroatoms. The summed E-state index contributed by atoms with van der Waals surface area (Å²) in [6.07, 6.45) is 4.51. The van der Waals surface area contributed by atoms with Gasteiger partial charge in [0, 0.05) is 31.7 Å². The van der Waals surface area contributed by atoms with E-state index in [0.717, 1.165) is 74.7 Å². The Morgan fingerprint density at radius 3 is 1.66 bits per heavy atom. The predicted molar refractivity (Wildman–Crippen MR) is 224 cm³/mol. The Morgan fingerprint density at radius 1 is 0.694 bits per heavy atom. The number of sulfonamides is 1. The molecule has 2 amide bonds. The molecule has 8 aliphatic rings. The van der Waals surface area contributed by atoms with Gasteiger partial charge in [0.15, 0.2) is 0 Å². The van der Waals surface area contributed by atoms with Crippen LogP contribution in [0.15, 0.2) is 48.5 Å². The third-order valence-electron chi connectivity index (χ3n) is 15.1. The van der Waals surface area contributed by atoms with E-state index < -0.39 is 39.4 Å². The van der Waals surface area contributed by atoms with Crippen molar-refractivity contribution in [2.45, 2.75) is 96.8 Å². The smallest absolute Gasteiger partial charge is 0.351 e. The average Bonchev–Trinajstić information content (AvgIpc) is 3.89. The van der Waals surface area contributed by atoms with Crippen LogP contribution in [0.2, 0.25) is 0 Å². The number of carbonyl (C=O) groups is 2. The van der Waals surface area contributed by atoms with E-state index in [-0.39, 0.29) is 45.5 Å². The summed E-state index contributed by atoms with van der Waals surface area (Å²) in [5.74, 6) is 4.68. The van der Waals surface area contributed by atoms with Crippen molar-refractivity contribution in [3.8, 4) is 0 Å². The minimum atomic E-state index is -4.51. The molecule has 10 rings (SSSR count). The number of amides is 2. The molecule has 2 aliphatic heterocycles. The lowest BCUT2D eigenvalue weighted by Crippen LogP contribution is -2.40. The van der Waals surface area contributed by atoms with Crippen LogP contribution in [0.4, 0.5) is 26.3 Å². The maximum Gasteiger partial charge on any atom is 0.417 e. The Morgan fingerprint density at radius 2 is 1.19 bits per heavy atom. The van der Waals surface area contributed by atoms with Crippen molar-refractivity contribution in [2.75, 3.05) is 45.0 Å². The number of hydrogen-bond acceptors (Lipinski definition) is 5. The number of fused-ring (bicyclic) bond motifs is 2. The number of benzene rings is 2. The molecule has 2 aromatic rings. The molecule has 0 aromatic heterocycles. The highest BCUT2D eigenvalue weighted by molar-refractivity contribution is 7.89. The molecule has 4 atom stereocenters. The summed E-state index contributed by atoms with van der Waals surface area (Å²) in [5.41, 5.74) is -1.69. The molecule has 8 fully saturated rings. The normalized spacial score (nSPS) is 30.0. The standard InChI is InChI=1S/C22H27F3N2O3S.C18H21F3N2O.C7H14/c23-22(24,25)17-7-5-16(6-8-17)20(28)26-13-21(9-14-1-2-14)18-10-27(11-19(18)21)31(29,30)12-15-3-4-15;19-18(20,21)13-4-2-1-3-12(13)16(24)23-10-17(7-11-5-6-11)14-8-22-9-15(14)17;1-6(2)5-7-3-4-7/h5-8,14-15,18-19H,1-4,9-13H2,(H,26,28);1-4,11,14-15,22H,5-10H2,(H,23,24);6-7H,3-5H2,1-2H3. The molecular weight excluding hydrogens is 831 g/mol. The summed E-state index contributed by atoms with van der Waals surface area (Å²) in [6.45, 7) is 8.54. The first-order valence-corrected chi connectivity index (χ1v) is 24.5. The lowest BCUT2D eigenvalue weighted by atomic mass is 9.92. The molecule has 4 unspecified atom stereocenters. The third kappa shape index (κ3) is 10.7. The second-order valence-corrected chi connectivity index (χ2v) is 22.5. The predicted octanol–water partition coefficient (Wildman–Crippen LogP) is 9.04. The molecule has 6 saturated carbocycles. The first kappa shape index (κ1) is 45.4. The van der Waals surface area contributed by atoms with Gasteiger partial charge in [0.2, 0.25) is 10.0 Å². The van der Waals surface area contributed by atoms with Gasteiger partial charge in [0.25, 0.3) is 11.8 Å². The van der Waals surface area contributed by atoms with Gasteiger partial charge in [-0.05, 0) is 146 Å². The number of halogens is 6. The number of carbonyl (C=O) groups excluding carboxylic acids is 2. The molecule has 2 aromatic carbocycles. The highest BCUT2D eigenvalue weighted by atomic mass is 32.2. The zero-order valence-electron chi connectivity index (χ0n) is 35.8. The van der Waals surface area contributed by atoms with Crippen LogP contribution in [-0.2, 0) is 22.4 Å². The molecule has 0 bridgehead atoms. The SMILES string of the molecule is CC(C)CC1CC1.O=C(NCC1(CC2CC2)C2CN(S(=O)(=O)CC3CC3)CC21)c1ccc(C(F)(F)F)cc1.O=C(NCC1(CC2CC2)C2CNCC21)c1ccccc1C(F)(F)F. The molecule has 2 saturated heterocycles. The topological polar surface area (TPSA) is 108 Å². The monoisotopic (exact) mass is 892 g/mol. The van der Waals surface area contributed by atoms with E-state index in [9.17, 15) is 44.3 Å². The van der Waals surface area contributed by atoms with Crippen LogP contribution in [0.3, 0.4) is 0 Å². The zero-order valence-corrected chi connectivity index (χ0v) is 36.6. The van der Waals surface area contributed by atoms with Gasteiger partial charge in [-0.1, -0.05) is 64.5 Å². The molecule has 6 aliphatic carbocycles. The van der Waals surface area contributed by atoms with Gasteiger partial charge in [0.05, 0.1) is 22.4 Å². The summed E-state index contributed by atoms with van der Waals surface area (Å²) in [6, 6.07) is 9.24. The molecular formula is C47H62F6N4O4S. The molecule has 3 N–H and O–H groups in total. The molecule has 342 valence electrons. The first-order chi connectivity index (χ1) is 29.3. The molecule has 62 heavy (non-hydrogen) atoms. The average molecular weight is 893 g/mol. The Hall–Kier alpha value is -3.17. The molecule has 8 nitrogen and oxygen atoms in total. The van der Waals surface area contributed by atoms with E-state index in [1.165, 1.54) is 75.3 Å². The van der Waals surface area contributed by atoms with Crippen LogP contribution in [0.5, 0.6) is 0 Å². The number of alkyl halides is 6. The minimum Gasteiger partial charge on any atom is -0.351 e. The van der Waals surface area contributed by atoms with Crippen molar-refractivity contribution in [1.29, 1.82) is 0 Å². The van der Waals surface area contributed by atoms with Crippen molar-refractivity contribution in [2.24, 2.45) is 64.1 Å². The molecule has 2 heterocycles. The maximum atomic E-state index is 13.1. The summed E-state index contributed by atoms with van der Waals surface area (Å²) >= 11 is 0. The van der Waals surface area contributed by atoms with E-state index in [2.05, 4.69) is 29.8 Å². The van der Waals surface area contributed by atoms with E-state index in [4.69, 9.17) is 0 Å². The van der Waals surface area contributed by atoms with Crippen LogP contribution in [0.1, 0.15) is 116 Å². The van der Waals surface area contributed by atoms with E-state index in [0.29, 0.717) is 49.9 Å². The fraction of sp³-hybridized carbons (Fsp3) is 0.702. The van der Waals surface area contributed by atoms with Crippen LogP contribution < -0.4 is 16.0 Å². The fourth-order valence-corrected chi connectivity index (χ4v) is 12.8. The Bertz CT molecular complexity index is 2020. The van der Waals surface area contributed by atoms with Crippen LogP contribution in [0.25, 0.3) is 0 Å². The third-order valence-corrected chi connectivity index (χ3v) is 17.1. The van der Waals surface area contributed by atoms with Crippen LogP contribution >= 0.6 is 0 Å². The molecule has 0 radical (unpaired) electrons. The van der Waals surface area contributed by atoms with Gasteiger partial charge in [-0.25, -0.2) is 12.7 Å². The largest absolute Gasteiger partial charge is 0.417 e. The van der Waals surface area contributed by atoms with Gasteiger partial charge in [-0.2, -0.15) is 26.3 Å². The van der Waals surface area contributed by atoms with Crippen molar-refractivity contribution < 1.29 is 44.3 Å². The Labute approximate surface area is 362 Å². The van der Waals surface area contributed by atoms with Crippen LogP contribution in [0, 0.1) is 64.1 Å². The fourth-order valence-electron chi connectivity index (χ4n) is 10.9. The number of nitrogens with zero attached hydrogens (tertiary/aromatic N) is 1. The maximum absolute atomic E-state index is 13.1. The van der Waals surface area contributed by atoms with Gasteiger partial charge in [-0.15, -0.1) is 0 Å². The van der Waals surface area contributed by atoms with Gasteiger partial charge in [-0.3, -0.25) is 9.59 Å². The number of hydrogen-bond donors (Lipinski definition) is 3. The Balaban J connectivity index is 0.000000151. The van der Waals surface area contributed by atoms with Gasteiger partial charge < -0.3 is 16.0 Å². The lowest BCUT2D eigenvalue weighted by molar-refractivity contribution is -0.138. The summed E-state index contributed by atoms with van der Waals surface area (Å²) in [7, 11) is -3.20. The first-order valence-electron chi connectivity index (χ1n) is 22.9. The van der Waals surface area contributed by atoms with E-state index in [1.807, 2.05) is 0 Å². The second-order valence-electron chi connectivity index (χ2n) is 20.4. The van der Waals surface area contributed by atoms with Gasteiger partial charge >= 0.3 is 12.4 Å². The van der Waals surface area contributed by atoms with Crippen molar-refractivity contribution in [1.82, 2.24) is 20.3 Å². The van der Waals surface area contributed by atoms with Gasteiger partial charge in [0.1, 0.15) is 0 Å². The Kier molecular flexibility index (Phi) is 12.7.